The van der Waals surface area contributed by atoms with Crippen molar-refractivity contribution in [2.45, 2.75) is 52.2 Å². The average molecular weight is 377 g/mol. The Labute approximate surface area is 164 Å². The van der Waals surface area contributed by atoms with E-state index >= 15 is 0 Å². The van der Waals surface area contributed by atoms with Crippen LogP contribution in [0.2, 0.25) is 0 Å². The second-order valence-electron chi connectivity index (χ2n) is 7.08. The van der Waals surface area contributed by atoms with Crippen LogP contribution in [0.3, 0.4) is 0 Å². The number of rotatable bonds is 9. The number of nitrogens with one attached hydrogen (secondary N) is 2. The molecular formula is C21H36N4O2. The normalized spacial score (nSPS) is 17.4. The topological polar surface area (TPSA) is 58.1 Å². The Morgan fingerprint density at radius 3 is 2.44 bits per heavy atom. The van der Waals surface area contributed by atoms with Crippen molar-refractivity contribution in [3.63, 3.8) is 0 Å². The van der Waals surface area contributed by atoms with Gasteiger partial charge in [-0.25, -0.2) is 4.99 Å². The number of guanidine groups is 1. The minimum absolute atomic E-state index is 0.000234. The van der Waals surface area contributed by atoms with Crippen molar-refractivity contribution in [3.05, 3.63) is 24.3 Å². The number of piperidine rings is 1. The lowest BCUT2D eigenvalue weighted by molar-refractivity contribution is 0.206. The number of likely N-dealkylation sites (tertiary alicyclic amines) is 1. The zero-order valence-electron chi connectivity index (χ0n) is 17.3. The van der Waals surface area contributed by atoms with Crippen LogP contribution in [-0.4, -0.2) is 62.8 Å². The molecule has 6 heteroatoms. The van der Waals surface area contributed by atoms with Gasteiger partial charge in [-0.1, -0.05) is 6.92 Å². The van der Waals surface area contributed by atoms with E-state index < -0.39 is 0 Å². The van der Waals surface area contributed by atoms with Crippen LogP contribution in [-0.2, 0) is 0 Å². The van der Waals surface area contributed by atoms with Gasteiger partial charge in [-0.15, -0.1) is 0 Å². The minimum atomic E-state index is 0.000234. The van der Waals surface area contributed by atoms with Crippen molar-refractivity contribution in [2.24, 2.45) is 4.99 Å². The molecule has 1 aromatic rings. The number of methoxy groups -OCH3 is 1. The molecule has 0 aliphatic carbocycles. The standard InChI is InChI=1S/C21H36N4O2/c1-5-13-25-14-11-18(12-15-25)24-21(22-6-2)23-16-17(3)27-20-9-7-19(26-4)8-10-20/h7-10,17-18H,5-6,11-16H2,1-4H3,(H2,22,23,24). The van der Waals surface area contributed by atoms with E-state index in [1.54, 1.807) is 7.11 Å². The SMILES string of the molecule is CCCN1CCC(NC(=NCC(C)Oc2ccc(OC)cc2)NCC)CC1. The molecule has 0 saturated carbocycles. The lowest BCUT2D eigenvalue weighted by Crippen LogP contribution is -2.49. The van der Waals surface area contributed by atoms with Crippen LogP contribution in [0.4, 0.5) is 0 Å². The van der Waals surface area contributed by atoms with Gasteiger partial charge in [0.1, 0.15) is 17.6 Å². The van der Waals surface area contributed by atoms with Crippen molar-refractivity contribution in [1.82, 2.24) is 15.5 Å². The molecule has 1 aliphatic rings. The van der Waals surface area contributed by atoms with Crippen LogP contribution in [0.25, 0.3) is 0 Å². The monoisotopic (exact) mass is 376 g/mol. The van der Waals surface area contributed by atoms with Crippen molar-refractivity contribution in [3.8, 4) is 11.5 Å². The molecule has 1 aliphatic heterocycles. The number of ether oxygens (including phenoxy) is 2. The molecule has 1 heterocycles. The lowest BCUT2D eigenvalue weighted by Gasteiger charge is -2.32. The minimum Gasteiger partial charge on any atom is -0.497 e. The molecule has 152 valence electrons. The van der Waals surface area contributed by atoms with E-state index in [9.17, 15) is 0 Å². The number of hydrogen-bond donors (Lipinski definition) is 2. The van der Waals surface area contributed by atoms with Crippen LogP contribution >= 0.6 is 0 Å². The molecular weight excluding hydrogens is 340 g/mol. The van der Waals surface area contributed by atoms with Crippen LogP contribution in [0.15, 0.2) is 29.3 Å². The summed E-state index contributed by atoms with van der Waals surface area (Å²) in [6.45, 7) is 11.4. The number of benzene rings is 1. The maximum Gasteiger partial charge on any atom is 0.191 e. The fraction of sp³-hybridized carbons (Fsp3) is 0.667. The first-order valence-corrected chi connectivity index (χ1v) is 10.2. The Hall–Kier alpha value is -1.95. The molecule has 1 atom stereocenters. The summed E-state index contributed by atoms with van der Waals surface area (Å²) in [7, 11) is 1.66. The summed E-state index contributed by atoms with van der Waals surface area (Å²) in [5.74, 6) is 2.55. The molecule has 0 spiro atoms. The molecule has 1 fully saturated rings. The quantitative estimate of drug-likeness (QED) is 0.513. The Balaban J connectivity index is 1.81. The molecule has 1 aromatic carbocycles. The summed E-state index contributed by atoms with van der Waals surface area (Å²) in [5.41, 5.74) is 0. The fourth-order valence-corrected chi connectivity index (χ4v) is 3.27. The molecule has 0 radical (unpaired) electrons. The highest BCUT2D eigenvalue weighted by Crippen LogP contribution is 2.18. The Kier molecular flexibility index (Phi) is 9.25. The van der Waals surface area contributed by atoms with Gasteiger partial charge < -0.3 is 25.0 Å². The van der Waals surface area contributed by atoms with Crippen LogP contribution in [0.5, 0.6) is 11.5 Å². The summed E-state index contributed by atoms with van der Waals surface area (Å²) in [4.78, 5) is 7.27. The summed E-state index contributed by atoms with van der Waals surface area (Å²) in [5, 5.41) is 6.95. The number of hydrogen-bond acceptors (Lipinski definition) is 4. The van der Waals surface area contributed by atoms with Gasteiger partial charge in [0, 0.05) is 25.7 Å². The van der Waals surface area contributed by atoms with Gasteiger partial charge in [-0.05, 0) is 63.9 Å². The molecule has 2 N–H and O–H groups in total. The van der Waals surface area contributed by atoms with Crippen molar-refractivity contribution >= 4 is 5.96 Å². The zero-order valence-corrected chi connectivity index (χ0v) is 17.3. The van der Waals surface area contributed by atoms with Crippen molar-refractivity contribution in [2.75, 3.05) is 39.8 Å². The second kappa shape index (κ2) is 11.7. The molecule has 27 heavy (non-hydrogen) atoms. The molecule has 2 rings (SSSR count). The Morgan fingerprint density at radius 1 is 1.19 bits per heavy atom. The van der Waals surface area contributed by atoms with Crippen LogP contribution < -0.4 is 20.1 Å². The van der Waals surface area contributed by atoms with E-state index in [-0.39, 0.29) is 6.10 Å². The van der Waals surface area contributed by atoms with Crippen LogP contribution in [0.1, 0.15) is 40.0 Å². The summed E-state index contributed by atoms with van der Waals surface area (Å²) >= 11 is 0. The van der Waals surface area contributed by atoms with Gasteiger partial charge in [0.2, 0.25) is 0 Å². The fourth-order valence-electron chi connectivity index (χ4n) is 3.27. The van der Waals surface area contributed by atoms with Gasteiger partial charge in [0.25, 0.3) is 0 Å². The van der Waals surface area contributed by atoms with E-state index in [1.165, 1.54) is 38.9 Å². The predicted octanol–water partition coefficient (Wildman–Crippen LogP) is 2.89. The average Bonchev–Trinajstić information content (AvgIpc) is 2.68. The molecule has 1 unspecified atom stereocenters. The van der Waals surface area contributed by atoms with E-state index in [4.69, 9.17) is 14.5 Å². The predicted molar refractivity (Wildman–Crippen MR) is 112 cm³/mol. The lowest BCUT2D eigenvalue weighted by atomic mass is 10.1. The third-order valence-electron chi connectivity index (χ3n) is 4.72. The first kappa shape index (κ1) is 21.4. The first-order chi connectivity index (χ1) is 13.1. The van der Waals surface area contributed by atoms with Gasteiger partial charge >= 0.3 is 0 Å². The molecule has 6 nitrogen and oxygen atoms in total. The first-order valence-electron chi connectivity index (χ1n) is 10.2. The van der Waals surface area contributed by atoms with Crippen molar-refractivity contribution < 1.29 is 9.47 Å². The molecule has 0 aromatic heterocycles. The third kappa shape index (κ3) is 7.67. The van der Waals surface area contributed by atoms with E-state index in [0.29, 0.717) is 12.6 Å². The molecule has 1 saturated heterocycles. The second-order valence-corrected chi connectivity index (χ2v) is 7.08. The Bertz CT molecular complexity index is 554. The van der Waals surface area contributed by atoms with Gasteiger partial charge in [-0.2, -0.15) is 0 Å². The van der Waals surface area contributed by atoms with Crippen LogP contribution in [0, 0.1) is 0 Å². The third-order valence-corrected chi connectivity index (χ3v) is 4.72. The highest BCUT2D eigenvalue weighted by Gasteiger charge is 2.19. The molecule has 0 bridgehead atoms. The smallest absolute Gasteiger partial charge is 0.191 e. The van der Waals surface area contributed by atoms with Crippen molar-refractivity contribution in [1.29, 1.82) is 0 Å². The molecule has 0 amide bonds. The highest BCUT2D eigenvalue weighted by molar-refractivity contribution is 5.80. The summed E-state index contributed by atoms with van der Waals surface area (Å²) in [6.07, 6.45) is 3.57. The summed E-state index contributed by atoms with van der Waals surface area (Å²) in [6, 6.07) is 8.15. The maximum atomic E-state index is 5.95. The van der Waals surface area contributed by atoms with E-state index in [0.717, 1.165) is 24.0 Å². The van der Waals surface area contributed by atoms with E-state index in [1.807, 2.05) is 31.2 Å². The van der Waals surface area contributed by atoms with Gasteiger partial charge in [-0.3, -0.25) is 0 Å². The van der Waals surface area contributed by atoms with Gasteiger partial charge in [0.05, 0.1) is 13.7 Å². The maximum absolute atomic E-state index is 5.95. The highest BCUT2D eigenvalue weighted by atomic mass is 16.5. The summed E-state index contributed by atoms with van der Waals surface area (Å²) < 4.78 is 11.1. The largest absolute Gasteiger partial charge is 0.497 e. The number of aliphatic imine (C=N–C) groups is 1. The Morgan fingerprint density at radius 2 is 1.85 bits per heavy atom. The van der Waals surface area contributed by atoms with Gasteiger partial charge in [0.15, 0.2) is 5.96 Å². The zero-order chi connectivity index (χ0) is 19.5. The van der Waals surface area contributed by atoms with E-state index in [2.05, 4.69) is 29.4 Å². The number of nitrogens with zero attached hydrogens (tertiary/aromatic N) is 2.